The lowest BCUT2D eigenvalue weighted by atomic mass is 10.0. The standard InChI is InChI=1S/C6H12.C5H11N/c2*1-2-4-6-5-3-1/h1-6H2;6H,1-5H2. The van der Waals surface area contributed by atoms with E-state index in [0.717, 1.165) is 0 Å². The van der Waals surface area contributed by atoms with Crippen LogP contribution in [0.25, 0.3) is 0 Å². The van der Waals surface area contributed by atoms with Gasteiger partial charge in [-0.1, -0.05) is 44.9 Å². The molecule has 0 atom stereocenters. The zero-order valence-corrected chi connectivity index (χ0v) is 8.28. The number of nitrogens with one attached hydrogen (secondary N) is 1. The van der Waals surface area contributed by atoms with Crippen molar-refractivity contribution in [1.29, 1.82) is 0 Å². The van der Waals surface area contributed by atoms with Gasteiger partial charge in [-0.05, 0) is 25.9 Å². The van der Waals surface area contributed by atoms with Crippen molar-refractivity contribution in [2.45, 2.75) is 57.8 Å². The van der Waals surface area contributed by atoms with Crippen molar-refractivity contribution in [2.75, 3.05) is 13.1 Å². The summed E-state index contributed by atoms with van der Waals surface area (Å²) in [6, 6.07) is 0. The highest BCUT2D eigenvalue weighted by Crippen LogP contribution is 2.15. The van der Waals surface area contributed by atoms with E-state index in [-0.39, 0.29) is 0 Å². The predicted octanol–water partition coefficient (Wildman–Crippen LogP) is 3.10. The van der Waals surface area contributed by atoms with E-state index in [1.165, 1.54) is 70.9 Å². The molecule has 0 spiro atoms. The molecular weight excluding hydrogens is 146 g/mol. The van der Waals surface area contributed by atoms with Crippen LogP contribution in [0.1, 0.15) is 57.8 Å². The van der Waals surface area contributed by atoms with E-state index in [2.05, 4.69) is 5.32 Å². The smallest absolute Gasteiger partial charge is 0.00489 e. The maximum atomic E-state index is 3.28. The second kappa shape index (κ2) is 7.60. The molecule has 72 valence electrons. The van der Waals surface area contributed by atoms with Gasteiger partial charge in [-0.15, -0.1) is 0 Å². The summed E-state index contributed by atoms with van der Waals surface area (Å²) in [5.74, 6) is 0. The quantitative estimate of drug-likeness (QED) is 0.587. The summed E-state index contributed by atoms with van der Waals surface area (Å²) >= 11 is 0. The van der Waals surface area contributed by atoms with E-state index in [0.29, 0.717) is 0 Å². The summed E-state index contributed by atoms with van der Waals surface area (Å²) < 4.78 is 0. The van der Waals surface area contributed by atoms with Crippen molar-refractivity contribution in [2.24, 2.45) is 0 Å². The summed E-state index contributed by atoms with van der Waals surface area (Å²) in [4.78, 5) is 0. The van der Waals surface area contributed by atoms with Gasteiger partial charge in [0.15, 0.2) is 0 Å². The van der Waals surface area contributed by atoms with Crippen LogP contribution in [0.3, 0.4) is 0 Å². The zero-order valence-electron chi connectivity index (χ0n) is 8.28. The third-order valence-corrected chi connectivity index (χ3v) is 2.71. The second-order valence-electron chi connectivity index (χ2n) is 3.93. The van der Waals surface area contributed by atoms with Crippen molar-refractivity contribution < 1.29 is 0 Å². The van der Waals surface area contributed by atoms with Crippen LogP contribution in [0.2, 0.25) is 0 Å². The Bertz CT molecular complexity index is 48.0. The van der Waals surface area contributed by atoms with E-state index < -0.39 is 0 Å². The molecule has 0 radical (unpaired) electrons. The Morgan fingerprint density at radius 2 is 0.750 bits per heavy atom. The lowest BCUT2D eigenvalue weighted by Gasteiger charge is -2.08. The summed E-state index contributed by atoms with van der Waals surface area (Å²) in [5.41, 5.74) is 0. The van der Waals surface area contributed by atoms with Crippen LogP contribution in [0.5, 0.6) is 0 Å². The zero-order chi connectivity index (χ0) is 8.49. The molecule has 1 saturated heterocycles. The van der Waals surface area contributed by atoms with E-state index in [1.807, 2.05) is 0 Å². The van der Waals surface area contributed by atoms with Gasteiger partial charge in [0.1, 0.15) is 0 Å². The van der Waals surface area contributed by atoms with Crippen LogP contribution < -0.4 is 5.32 Å². The molecule has 0 bridgehead atoms. The normalized spacial score (nSPS) is 24.0. The van der Waals surface area contributed by atoms with Crippen LogP contribution >= 0.6 is 0 Å². The van der Waals surface area contributed by atoms with Crippen LogP contribution in [-0.4, -0.2) is 13.1 Å². The van der Waals surface area contributed by atoms with Crippen LogP contribution in [0.4, 0.5) is 0 Å². The third-order valence-electron chi connectivity index (χ3n) is 2.71. The molecule has 0 aromatic carbocycles. The molecule has 2 fully saturated rings. The fourth-order valence-electron chi connectivity index (χ4n) is 1.86. The molecule has 0 aromatic rings. The Balaban J connectivity index is 0.000000120. The number of piperidine rings is 1. The highest BCUT2D eigenvalue weighted by Gasteiger charge is 1.95. The average molecular weight is 169 g/mol. The number of hydrogen-bond acceptors (Lipinski definition) is 1. The SMILES string of the molecule is C1CCCCC1.C1CCNCC1. The Morgan fingerprint density at radius 3 is 0.917 bits per heavy atom. The minimum Gasteiger partial charge on any atom is -0.317 e. The highest BCUT2D eigenvalue weighted by molar-refractivity contribution is 4.55. The molecule has 1 heteroatoms. The van der Waals surface area contributed by atoms with Gasteiger partial charge in [0, 0.05) is 0 Å². The molecule has 2 rings (SSSR count). The van der Waals surface area contributed by atoms with Crippen molar-refractivity contribution in [3.05, 3.63) is 0 Å². The molecule has 0 aromatic heterocycles. The fourth-order valence-corrected chi connectivity index (χ4v) is 1.86. The van der Waals surface area contributed by atoms with Crippen molar-refractivity contribution in [1.82, 2.24) is 5.32 Å². The Labute approximate surface area is 76.9 Å². The average Bonchev–Trinajstić information content (AvgIpc) is 2.24. The lowest BCUT2D eigenvalue weighted by molar-refractivity contribution is 0.504. The predicted molar refractivity (Wildman–Crippen MR) is 54.4 cm³/mol. The highest BCUT2D eigenvalue weighted by atomic mass is 14.9. The van der Waals surface area contributed by atoms with Crippen LogP contribution in [0, 0.1) is 0 Å². The largest absolute Gasteiger partial charge is 0.317 e. The molecule has 0 unspecified atom stereocenters. The summed E-state index contributed by atoms with van der Waals surface area (Å²) in [6.07, 6.45) is 13.2. The van der Waals surface area contributed by atoms with Gasteiger partial charge in [0.05, 0.1) is 0 Å². The van der Waals surface area contributed by atoms with Gasteiger partial charge in [-0.25, -0.2) is 0 Å². The van der Waals surface area contributed by atoms with E-state index >= 15 is 0 Å². The molecule has 1 nitrogen and oxygen atoms in total. The van der Waals surface area contributed by atoms with Gasteiger partial charge in [-0.3, -0.25) is 0 Å². The molecule has 1 saturated carbocycles. The number of hydrogen-bond donors (Lipinski definition) is 1. The van der Waals surface area contributed by atoms with E-state index in [9.17, 15) is 0 Å². The van der Waals surface area contributed by atoms with Gasteiger partial charge < -0.3 is 5.32 Å². The fraction of sp³-hybridized carbons (Fsp3) is 1.00. The third kappa shape index (κ3) is 5.59. The first-order chi connectivity index (χ1) is 6.00. The molecule has 2 aliphatic rings. The lowest BCUT2D eigenvalue weighted by Crippen LogP contribution is -2.21. The van der Waals surface area contributed by atoms with Crippen LogP contribution in [-0.2, 0) is 0 Å². The molecule has 1 heterocycles. The first kappa shape index (κ1) is 10.0. The first-order valence-corrected chi connectivity index (χ1v) is 5.71. The molecule has 1 aliphatic heterocycles. The molecule has 0 amide bonds. The second-order valence-corrected chi connectivity index (χ2v) is 3.93. The summed E-state index contributed by atoms with van der Waals surface area (Å²) in [6.45, 7) is 2.50. The number of rotatable bonds is 0. The summed E-state index contributed by atoms with van der Waals surface area (Å²) in [5, 5.41) is 3.28. The van der Waals surface area contributed by atoms with Crippen molar-refractivity contribution in [3.63, 3.8) is 0 Å². The summed E-state index contributed by atoms with van der Waals surface area (Å²) in [7, 11) is 0. The molecule has 1 aliphatic carbocycles. The topological polar surface area (TPSA) is 12.0 Å². The minimum absolute atomic E-state index is 1.25. The van der Waals surface area contributed by atoms with E-state index in [1.54, 1.807) is 0 Å². The van der Waals surface area contributed by atoms with Gasteiger partial charge >= 0.3 is 0 Å². The van der Waals surface area contributed by atoms with E-state index in [4.69, 9.17) is 0 Å². The maximum Gasteiger partial charge on any atom is -0.00489 e. The van der Waals surface area contributed by atoms with Crippen LogP contribution in [0.15, 0.2) is 0 Å². The minimum atomic E-state index is 1.25. The monoisotopic (exact) mass is 169 g/mol. The van der Waals surface area contributed by atoms with Gasteiger partial charge in [0.2, 0.25) is 0 Å². The maximum absolute atomic E-state index is 3.28. The molecule has 12 heavy (non-hydrogen) atoms. The molecule has 1 N–H and O–H groups in total. The Hall–Kier alpha value is -0.0400. The van der Waals surface area contributed by atoms with Crippen molar-refractivity contribution >= 4 is 0 Å². The Kier molecular flexibility index (Phi) is 6.36. The van der Waals surface area contributed by atoms with Gasteiger partial charge in [0.25, 0.3) is 0 Å². The van der Waals surface area contributed by atoms with Crippen molar-refractivity contribution in [3.8, 4) is 0 Å². The van der Waals surface area contributed by atoms with Gasteiger partial charge in [-0.2, -0.15) is 0 Å². The Morgan fingerprint density at radius 1 is 0.417 bits per heavy atom. The molecular formula is C11H23N. The first-order valence-electron chi connectivity index (χ1n) is 5.71.